The van der Waals surface area contributed by atoms with E-state index < -0.39 is 29.9 Å². The summed E-state index contributed by atoms with van der Waals surface area (Å²) in [6, 6.07) is 4.19. The van der Waals surface area contributed by atoms with E-state index in [0.717, 1.165) is 0 Å². The van der Waals surface area contributed by atoms with Crippen molar-refractivity contribution in [2.24, 2.45) is 5.92 Å². The van der Waals surface area contributed by atoms with Crippen LogP contribution in [0.15, 0.2) is 18.2 Å². The molecular weight excluding hydrogens is 257 g/mol. The monoisotopic (exact) mass is 272 g/mol. The predicted molar refractivity (Wildman–Crippen MR) is 64.2 cm³/mol. The van der Waals surface area contributed by atoms with E-state index in [-0.39, 0.29) is 24.2 Å². The van der Waals surface area contributed by atoms with Crippen LogP contribution in [-0.4, -0.2) is 18.8 Å². The quantitative estimate of drug-likeness (QED) is 0.781. The third kappa shape index (κ3) is 2.91. The number of hydrogen-bond acceptors (Lipinski definition) is 2. The number of benzene rings is 1. The Balaban J connectivity index is 2.25. The van der Waals surface area contributed by atoms with Crippen molar-refractivity contribution in [2.45, 2.75) is 31.6 Å². The fourth-order valence-electron chi connectivity index (χ4n) is 2.47. The van der Waals surface area contributed by atoms with Crippen molar-refractivity contribution < 1.29 is 22.7 Å². The molecule has 0 aromatic heterocycles. The van der Waals surface area contributed by atoms with Crippen LogP contribution < -0.4 is 4.74 Å². The first-order valence-electron chi connectivity index (χ1n) is 6.19. The Bertz CT molecular complexity index is 486. The van der Waals surface area contributed by atoms with Gasteiger partial charge in [0.25, 0.3) is 0 Å². The molecule has 1 aromatic carbocycles. The largest absolute Gasteiger partial charge is 0.494 e. The molecule has 1 aliphatic carbocycles. The Morgan fingerprint density at radius 1 is 1.42 bits per heavy atom. The zero-order valence-electron chi connectivity index (χ0n) is 10.6. The van der Waals surface area contributed by atoms with Crippen molar-refractivity contribution in [2.75, 3.05) is 7.11 Å². The molecule has 0 radical (unpaired) electrons. The summed E-state index contributed by atoms with van der Waals surface area (Å²) in [4.78, 5) is 12.1. The van der Waals surface area contributed by atoms with Crippen molar-refractivity contribution in [1.29, 1.82) is 0 Å². The summed E-state index contributed by atoms with van der Waals surface area (Å²) in [5, 5.41) is 0. The highest BCUT2D eigenvalue weighted by molar-refractivity contribution is 5.98. The van der Waals surface area contributed by atoms with Crippen LogP contribution in [0, 0.1) is 11.7 Å². The minimum absolute atomic E-state index is 0.0478. The number of Topliss-reactive ketones (excluding diaryl/α,β-unsaturated/α-hetero) is 1. The van der Waals surface area contributed by atoms with Crippen LogP contribution >= 0.6 is 0 Å². The maximum atomic E-state index is 13.9. The van der Waals surface area contributed by atoms with Gasteiger partial charge in [0.05, 0.1) is 12.7 Å². The molecule has 1 aromatic rings. The highest BCUT2D eigenvalue weighted by Gasteiger charge is 2.39. The van der Waals surface area contributed by atoms with Crippen molar-refractivity contribution >= 4 is 5.78 Å². The van der Waals surface area contributed by atoms with Crippen LogP contribution in [0.5, 0.6) is 5.75 Å². The normalized spacial score (nSPS) is 22.0. The number of methoxy groups -OCH3 is 1. The van der Waals surface area contributed by atoms with Crippen molar-refractivity contribution in [3.63, 3.8) is 0 Å². The van der Waals surface area contributed by atoms with E-state index in [0.29, 0.717) is 6.42 Å². The van der Waals surface area contributed by atoms with Gasteiger partial charge in [-0.1, -0.05) is 6.07 Å². The Morgan fingerprint density at radius 2 is 2.16 bits per heavy atom. The lowest BCUT2D eigenvalue weighted by molar-refractivity contribution is -0.0478. The van der Waals surface area contributed by atoms with Gasteiger partial charge in [0, 0.05) is 18.8 Å². The first kappa shape index (κ1) is 13.9. The zero-order valence-corrected chi connectivity index (χ0v) is 10.6. The van der Waals surface area contributed by atoms with Gasteiger partial charge in [-0.25, -0.2) is 13.2 Å². The van der Waals surface area contributed by atoms with Crippen LogP contribution in [0.3, 0.4) is 0 Å². The molecule has 19 heavy (non-hydrogen) atoms. The predicted octanol–water partition coefficient (Wildman–Crippen LogP) is 3.84. The van der Waals surface area contributed by atoms with Gasteiger partial charge in [-0.2, -0.15) is 0 Å². The van der Waals surface area contributed by atoms with Gasteiger partial charge in [-0.3, -0.25) is 4.79 Å². The highest BCUT2D eigenvalue weighted by Crippen LogP contribution is 2.38. The van der Waals surface area contributed by atoms with E-state index in [1.807, 2.05) is 0 Å². The van der Waals surface area contributed by atoms with Crippen molar-refractivity contribution in [3.05, 3.63) is 29.6 Å². The third-order valence-electron chi connectivity index (χ3n) is 3.46. The summed E-state index contributed by atoms with van der Waals surface area (Å²) in [5.41, 5.74) is -0.165. The maximum absolute atomic E-state index is 13.9. The summed E-state index contributed by atoms with van der Waals surface area (Å²) in [6.07, 6.45) is -0.0279. The van der Waals surface area contributed by atoms with Crippen LogP contribution in [0.4, 0.5) is 13.2 Å². The zero-order chi connectivity index (χ0) is 14.0. The molecule has 0 spiro atoms. The third-order valence-corrected chi connectivity index (χ3v) is 3.46. The number of carbonyl (C=O) groups is 1. The fraction of sp³-hybridized carbons (Fsp3) is 0.500. The molecule has 1 unspecified atom stereocenters. The van der Waals surface area contributed by atoms with Crippen LogP contribution in [0.2, 0.25) is 0 Å². The summed E-state index contributed by atoms with van der Waals surface area (Å²) < 4.78 is 45.3. The molecular formula is C14H15F3O2. The van der Waals surface area contributed by atoms with Gasteiger partial charge < -0.3 is 4.74 Å². The number of alkyl halides is 2. The molecule has 1 aliphatic rings. The van der Waals surface area contributed by atoms with Gasteiger partial charge in [-0.05, 0) is 25.0 Å². The van der Waals surface area contributed by atoms with Crippen LogP contribution in [0.25, 0.3) is 0 Å². The van der Waals surface area contributed by atoms with Gasteiger partial charge in [-0.15, -0.1) is 0 Å². The van der Waals surface area contributed by atoms with E-state index in [4.69, 9.17) is 4.74 Å². The minimum Gasteiger partial charge on any atom is -0.494 e. The fourth-order valence-corrected chi connectivity index (χ4v) is 2.47. The lowest BCUT2D eigenvalue weighted by Gasteiger charge is -2.28. The molecule has 0 saturated heterocycles. The van der Waals surface area contributed by atoms with Crippen molar-refractivity contribution in [3.8, 4) is 5.75 Å². The van der Waals surface area contributed by atoms with Gasteiger partial charge >= 0.3 is 0 Å². The first-order valence-corrected chi connectivity index (χ1v) is 6.19. The lowest BCUT2D eigenvalue weighted by atomic mass is 9.81. The van der Waals surface area contributed by atoms with E-state index in [1.165, 1.54) is 25.3 Å². The molecule has 0 N–H and O–H groups in total. The number of ketones is 1. The molecule has 0 heterocycles. The molecule has 5 heteroatoms. The molecule has 1 fully saturated rings. The van der Waals surface area contributed by atoms with Gasteiger partial charge in [0.1, 0.15) is 0 Å². The second-order valence-corrected chi connectivity index (χ2v) is 4.84. The topological polar surface area (TPSA) is 26.3 Å². The van der Waals surface area contributed by atoms with Gasteiger partial charge in [0.2, 0.25) is 5.92 Å². The summed E-state index contributed by atoms with van der Waals surface area (Å²) in [5.74, 6) is -5.02. The standard InChI is InChI=1S/C14H15F3O2/c1-19-11-6-2-5-10(12(11)15)13(18)9-4-3-7-14(16,17)8-9/h2,5-6,9H,3-4,7-8H2,1H3. The van der Waals surface area contributed by atoms with E-state index in [1.54, 1.807) is 0 Å². The Labute approximate surface area is 109 Å². The van der Waals surface area contributed by atoms with Gasteiger partial charge in [0.15, 0.2) is 17.3 Å². The number of rotatable bonds is 3. The minimum atomic E-state index is -2.83. The van der Waals surface area contributed by atoms with E-state index in [9.17, 15) is 18.0 Å². The number of carbonyl (C=O) groups excluding carboxylic acids is 1. The van der Waals surface area contributed by atoms with E-state index >= 15 is 0 Å². The highest BCUT2D eigenvalue weighted by atomic mass is 19.3. The second kappa shape index (κ2) is 5.23. The molecule has 0 amide bonds. The molecule has 104 valence electrons. The maximum Gasteiger partial charge on any atom is 0.248 e. The Kier molecular flexibility index (Phi) is 3.83. The second-order valence-electron chi connectivity index (χ2n) is 4.84. The first-order chi connectivity index (χ1) is 8.94. The van der Waals surface area contributed by atoms with E-state index in [2.05, 4.69) is 0 Å². The number of halogens is 3. The SMILES string of the molecule is COc1cccc(C(=O)C2CCCC(F)(F)C2)c1F. The molecule has 0 bridgehead atoms. The number of hydrogen-bond donors (Lipinski definition) is 0. The summed E-state index contributed by atoms with van der Waals surface area (Å²) in [7, 11) is 1.29. The average Bonchev–Trinajstić information content (AvgIpc) is 2.37. The summed E-state index contributed by atoms with van der Waals surface area (Å²) in [6.45, 7) is 0. The summed E-state index contributed by atoms with van der Waals surface area (Å²) >= 11 is 0. The molecule has 1 atom stereocenters. The molecule has 2 nitrogen and oxygen atoms in total. The molecule has 0 aliphatic heterocycles. The average molecular weight is 272 g/mol. The van der Waals surface area contributed by atoms with Crippen molar-refractivity contribution in [1.82, 2.24) is 0 Å². The Morgan fingerprint density at radius 3 is 2.79 bits per heavy atom. The van der Waals surface area contributed by atoms with Crippen LogP contribution in [-0.2, 0) is 0 Å². The smallest absolute Gasteiger partial charge is 0.248 e. The molecule has 2 rings (SSSR count). The Hall–Kier alpha value is -1.52. The lowest BCUT2D eigenvalue weighted by Crippen LogP contribution is -2.31. The number of ether oxygens (including phenoxy) is 1. The molecule has 1 saturated carbocycles. The van der Waals surface area contributed by atoms with Crippen LogP contribution in [0.1, 0.15) is 36.0 Å².